The Hall–Kier alpha value is 0.940. The summed E-state index contributed by atoms with van der Waals surface area (Å²) in [7, 11) is 0. The number of hydrogen-bond acceptors (Lipinski definition) is 4. The van der Waals surface area contributed by atoms with Crippen molar-refractivity contribution in [1.82, 2.24) is 0 Å². The second-order valence-electron chi connectivity index (χ2n) is 5.93. The molecule has 0 spiro atoms. The normalized spacial score (nSPS) is 10.7. The summed E-state index contributed by atoms with van der Waals surface area (Å²) in [6.07, 6.45) is 8.62. The van der Waals surface area contributed by atoms with Crippen LogP contribution in [-0.4, -0.2) is 11.9 Å². The SMILES string of the molecule is CCCCCCCCCCC(C(=O)[O-])(C(=O)[O-])C(C)C.[Na+].[Na+]. The molecule has 0 radical (unpaired) electrons. The van der Waals surface area contributed by atoms with E-state index in [1.165, 1.54) is 25.7 Å². The van der Waals surface area contributed by atoms with Gasteiger partial charge in [0.1, 0.15) is 0 Å². The van der Waals surface area contributed by atoms with Crippen molar-refractivity contribution < 1.29 is 78.9 Å². The van der Waals surface area contributed by atoms with Crippen molar-refractivity contribution in [2.45, 2.75) is 78.6 Å². The standard InChI is InChI=1S/C16H30O4.2Na/c1-4-5-6-7-8-9-10-11-12-16(13(2)3,14(17)18)15(19)20;;/h13H,4-12H2,1-3H3,(H,17,18)(H,19,20);;/q;2*+1/p-2. The van der Waals surface area contributed by atoms with E-state index in [0.29, 0.717) is 6.42 Å². The van der Waals surface area contributed by atoms with Crippen molar-refractivity contribution in [2.24, 2.45) is 11.3 Å². The first-order chi connectivity index (χ1) is 9.39. The summed E-state index contributed by atoms with van der Waals surface area (Å²) in [6, 6.07) is 0. The molecule has 0 fully saturated rings. The number of rotatable bonds is 12. The molecule has 22 heavy (non-hydrogen) atoms. The smallest absolute Gasteiger partial charge is 0.549 e. The first-order valence-electron chi connectivity index (χ1n) is 7.82. The molecule has 0 aliphatic heterocycles. The average Bonchev–Trinajstić information content (AvgIpc) is 2.35. The van der Waals surface area contributed by atoms with E-state index in [1.54, 1.807) is 13.8 Å². The molecule has 0 saturated heterocycles. The number of aliphatic carboxylic acids is 2. The summed E-state index contributed by atoms with van der Waals surface area (Å²) in [6.45, 7) is 5.36. The molecule has 0 aromatic rings. The Morgan fingerprint density at radius 1 is 0.818 bits per heavy atom. The summed E-state index contributed by atoms with van der Waals surface area (Å²) < 4.78 is 0. The zero-order chi connectivity index (χ0) is 15.6. The maximum atomic E-state index is 11.2. The van der Waals surface area contributed by atoms with Gasteiger partial charge in [0.25, 0.3) is 0 Å². The fraction of sp³-hybridized carbons (Fsp3) is 0.875. The van der Waals surface area contributed by atoms with Gasteiger partial charge in [-0.15, -0.1) is 0 Å². The van der Waals surface area contributed by atoms with E-state index in [-0.39, 0.29) is 65.5 Å². The van der Waals surface area contributed by atoms with Crippen LogP contribution in [0.5, 0.6) is 0 Å². The number of unbranched alkanes of at least 4 members (excludes halogenated alkanes) is 7. The van der Waals surface area contributed by atoms with Gasteiger partial charge < -0.3 is 19.8 Å². The minimum Gasteiger partial charge on any atom is -0.549 e. The van der Waals surface area contributed by atoms with Gasteiger partial charge in [-0.3, -0.25) is 0 Å². The van der Waals surface area contributed by atoms with Crippen molar-refractivity contribution in [3.63, 3.8) is 0 Å². The monoisotopic (exact) mass is 330 g/mol. The molecule has 0 bridgehead atoms. The topological polar surface area (TPSA) is 80.3 Å². The zero-order valence-corrected chi connectivity index (χ0v) is 19.1. The van der Waals surface area contributed by atoms with Crippen LogP contribution in [0.4, 0.5) is 0 Å². The van der Waals surface area contributed by atoms with E-state index in [0.717, 1.165) is 19.3 Å². The zero-order valence-electron chi connectivity index (χ0n) is 15.1. The van der Waals surface area contributed by atoms with Crippen molar-refractivity contribution in [2.75, 3.05) is 0 Å². The molecule has 0 heterocycles. The minimum absolute atomic E-state index is 0. The Bertz CT molecular complexity index is 293. The molecule has 0 aromatic carbocycles. The van der Waals surface area contributed by atoms with Gasteiger partial charge in [0.2, 0.25) is 0 Å². The van der Waals surface area contributed by atoms with E-state index < -0.39 is 23.3 Å². The van der Waals surface area contributed by atoms with Gasteiger partial charge in [0.15, 0.2) is 0 Å². The van der Waals surface area contributed by atoms with Gasteiger partial charge in [-0.25, -0.2) is 0 Å². The molecule has 0 aliphatic rings. The average molecular weight is 330 g/mol. The second-order valence-corrected chi connectivity index (χ2v) is 5.93. The van der Waals surface area contributed by atoms with Crippen molar-refractivity contribution in [3.05, 3.63) is 0 Å². The maximum Gasteiger partial charge on any atom is 1.00 e. The van der Waals surface area contributed by atoms with Crippen LogP contribution in [0.1, 0.15) is 78.6 Å². The van der Waals surface area contributed by atoms with Crippen LogP contribution in [0.3, 0.4) is 0 Å². The molecule has 0 N–H and O–H groups in total. The first kappa shape index (κ1) is 27.8. The third-order valence-corrected chi connectivity index (χ3v) is 4.14. The summed E-state index contributed by atoms with van der Waals surface area (Å²) in [5.41, 5.74) is -1.85. The third kappa shape index (κ3) is 9.29. The van der Waals surface area contributed by atoms with Crippen molar-refractivity contribution >= 4 is 11.9 Å². The van der Waals surface area contributed by atoms with Crippen molar-refractivity contribution in [1.29, 1.82) is 0 Å². The Labute approximate surface area is 179 Å². The van der Waals surface area contributed by atoms with Crippen LogP contribution in [0, 0.1) is 11.3 Å². The molecular weight excluding hydrogens is 302 g/mol. The molecule has 0 atom stereocenters. The molecule has 0 aliphatic carbocycles. The van der Waals surface area contributed by atoms with Crippen LogP contribution < -0.4 is 69.3 Å². The van der Waals surface area contributed by atoms with Crippen LogP contribution in [-0.2, 0) is 9.59 Å². The van der Waals surface area contributed by atoms with E-state index in [2.05, 4.69) is 6.92 Å². The Morgan fingerprint density at radius 2 is 1.18 bits per heavy atom. The molecule has 0 unspecified atom stereocenters. The molecule has 6 heteroatoms. The molecular formula is C16H28Na2O4. The fourth-order valence-corrected chi connectivity index (χ4v) is 2.59. The van der Waals surface area contributed by atoms with Gasteiger partial charge in [-0.2, -0.15) is 0 Å². The number of carboxylic acids is 2. The maximum absolute atomic E-state index is 11.2. The molecule has 118 valence electrons. The Kier molecular flexibility index (Phi) is 19.5. The summed E-state index contributed by atoms with van der Waals surface area (Å²) in [4.78, 5) is 22.4. The number of carbonyl (C=O) groups is 2. The van der Waals surface area contributed by atoms with Gasteiger partial charge >= 0.3 is 59.1 Å². The van der Waals surface area contributed by atoms with Crippen LogP contribution in [0.2, 0.25) is 0 Å². The third-order valence-electron chi connectivity index (χ3n) is 4.14. The van der Waals surface area contributed by atoms with Gasteiger partial charge in [0, 0.05) is 0 Å². The summed E-state index contributed by atoms with van der Waals surface area (Å²) >= 11 is 0. The fourth-order valence-electron chi connectivity index (χ4n) is 2.59. The number of carboxylic acid groups (broad SMARTS) is 2. The molecule has 0 aromatic heterocycles. The van der Waals surface area contributed by atoms with Gasteiger partial charge in [-0.05, 0) is 12.3 Å². The molecule has 4 nitrogen and oxygen atoms in total. The van der Waals surface area contributed by atoms with Gasteiger partial charge in [0.05, 0.1) is 17.4 Å². The van der Waals surface area contributed by atoms with E-state index in [1.807, 2.05) is 0 Å². The minimum atomic E-state index is -1.85. The largest absolute Gasteiger partial charge is 1.00 e. The number of hydrogen-bond donors (Lipinski definition) is 0. The molecule has 0 saturated carbocycles. The predicted molar refractivity (Wildman–Crippen MR) is 74.5 cm³/mol. The van der Waals surface area contributed by atoms with Crippen molar-refractivity contribution in [3.8, 4) is 0 Å². The van der Waals surface area contributed by atoms with Crippen LogP contribution in [0.25, 0.3) is 0 Å². The Balaban J connectivity index is -0.00000180. The predicted octanol–water partition coefficient (Wildman–Crippen LogP) is -4.33. The van der Waals surface area contributed by atoms with E-state index in [9.17, 15) is 19.8 Å². The summed E-state index contributed by atoms with van der Waals surface area (Å²) in [5, 5.41) is 22.4. The Morgan fingerprint density at radius 3 is 1.50 bits per heavy atom. The second kappa shape index (κ2) is 15.5. The van der Waals surface area contributed by atoms with Gasteiger partial charge in [-0.1, -0.05) is 72.1 Å². The van der Waals surface area contributed by atoms with E-state index in [4.69, 9.17) is 0 Å². The molecule has 0 amide bonds. The molecule has 0 rings (SSSR count). The van der Waals surface area contributed by atoms with Crippen LogP contribution >= 0.6 is 0 Å². The van der Waals surface area contributed by atoms with E-state index >= 15 is 0 Å². The van der Waals surface area contributed by atoms with Crippen LogP contribution in [0.15, 0.2) is 0 Å². The first-order valence-corrected chi connectivity index (χ1v) is 7.82. The summed E-state index contributed by atoms with van der Waals surface area (Å²) in [5.74, 6) is -3.56. The quantitative estimate of drug-likeness (QED) is 0.206. The number of carbonyl (C=O) groups excluding carboxylic acids is 2.